The number of nitrogens with zero attached hydrogens (tertiary/aromatic N) is 1. The van der Waals surface area contributed by atoms with Crippen LogP contribution in [0.4, 0.5) is 32.0 Å². The van der Waals surface area contributed by atoms with E-state index in [1.807, 2.05) is 50.0 Å². The predicted octanol–water partition coefficient (Wildman–Crippen LogP) is 7.51. The second kappa shape index (κ2) is 19.4. The van der Waals surface area contributed by atoms with Crippen molar-refractivity contribution >= 4 is 25.9 Å². The Morgan fingerprint density at radius 3 is 1.15 bits per heavy atom. The van der Waals surface area contributed by atoms with E-state index >= 15 is 0 Å². The third kappa shape index (κ3) is 21.1. The zero-order valence-corrected chi connectivity index (χ0v) is 26.3. The Morgan fingerprint density at radius 1 is 0.750 bits per heavy atom. The van der Waals surface area contributed by atoms with E-state index in [-0.39, 0.29) is 0 Å². The summed E-state index contributed by atoms with van der Waals surface area (Å²) in [5, 5.41) is 0. The first-order valence-electron chi connectivity index (χ1n) is 11.0. The largest absolute Gasteiger partial charge is 0.741 e. The maximum Gasteiger partial charge on any atom is 0.485 e. The van der Waals surface area contributed by atoms with Crippen LogP contribution in [0.3, 0.4) is 0 Å². The fraction of sp³-hybridized carbons (Fsp3) is 0.458. The van der Waals surface area contributed by atoms with Crippen molar-refractivity contribution in [3.63, 3.8) is 0 Å². The summed E-state index contributed by atoms with van der Waals surface area (Å²) in [6.07, 6.45) is 0. The maximum absolute atomic E-state index is 10.7. The summed E-state index contributed by atoms with van der Waals surface area (Å²) in [6.45, 7) is 15.1. The number of rotatable bonds is 3. The van der Waals surface area contributed by atoms with E-state index in [9.17, 15) is 26.3 Å². The minimum atomic E-state index is -6.09. The van der Waals surface area contributed by atoms with Crippen LogP contribution in [0.15, 0.2) is 52.0 Å². The molecule has 0 amide bonds. The molecule has 0 aliphatic heterocycles. The van der Waals surface area contributed by atoms with E-state index in [1.165, 1.54) is 22.7 Å². The molecule has 0 unspecified atom stereocenters. The van der Waals surface area contributed by atoms with Gasteiger partial charge in [0.05, 0.1) is 0 Å². The van der Waals surface area contributed by atoms with Gasteiger partial charge in [-0.2, -0.15) is 83.5 Å². The number of alkyl halides is 6. The normalized spacial score (nSPS) is 11.6. The Morgan fingerprint density at radius 2 is 1.02 bits per heavy atom. The summed E-state index contributed by atoms with van der Waals surface area (Å²) < 4.78 is 122. The summed E-state index contributed by atoms with van der Waals surface area (Å²) >= 11 is 1.81. The molecule has 0 saturated carbocycles. The van der Waals surface area contributed by atoms with Crippen LogP contribution in [0.2, 0.25) is 0 Å². The van der Waals surface area contributed by atoms with E-state index in [4.69, 9.17) is 25.9 Å². The molecule has 0 aliphatic carbocycles. The fourth-order valence-corrected chi connectivity index (χ4v) is 2.48. The number of hydrogen-bond donors (Lipinski definition) is 0. The van der Waals surface area contributed by atoms with Crippen LogP contribution in [0.1, 0.15) is 71.4 Å². The summed E-state index contributed by atoms with van der Waals surface area (Å²) in [4.78, 5) is 0. The summed E-state index contributed by atoms with van der Waals surface area (Å²) in [7, 11) is -12.2. The van der Waals surface area contributed by atoms with Crippen molar-refractivity contribution in [3.05, 3.63) is 71.6 Å². The molecule has 2 aromatic rings. The van der Waals surface area contributed by atoms with E-state index < -0.39 is 31.3 Å². The van der Waals surface area contributed by atoms with Gasteiger partial charge in [-0.05, 0) is 0 Å². The molecule has 16 heteroatoms. The first-order valence-corrected chi connectivity index (χ1v) is 14.7. The molecular weight excluding hydrogens is 672 g/mol. The Bertz CT molecular complexity index is 1090. The van der Waals surface area contributed by atoms with Crippen molar-refractivity contribution in [1.82, 2.24) is 0 Å². The Hall–Kier alpha value is -1.67. The fourth-order valence-electron chi connectivity index (χ4n) is 1.96. The molecule has 0 atom stereocenters. The molecule has 40 heavy (non-hydrogen) atoms. The SMILES string of the molecule is CC(C)c1cccc(C(C)C)c1[N]=[Mo+4].C[C-](C)C.O=S(=O)([O-])C(F)(F)F.O=S(=O)([O-])C(F)(F)F.[c-]1ccccc1. The molecule has 0 heterocycles. The standard InChI is InChI=1S/C12H17N.C6H5.C4H9.2CHF3O3S.Mo/c1-8(2)10-6-5-7-11(9(3)4)12(10)13;1-2-4-6-5-3-1;1-4(2)3;2*2-1(3,4)8(5,6)7;/h5-9H,1-4H3;1-5H;1-3H3;2*(H,5,6,7);/q;2*-1;;;+4/p-2. The van der Waals surface area contributed by atoms with Gasteiger partial charge in [0.25, 0.3) is 0 Å². The minimum absolute atomic E-state index is 0.550. The molecule has 0 aliphatic rings. The van der Waals surface area contributed by atoms with Crippen molar-refractivity contribution < 1.29 is 71.9 Å². The monoisotopic (exact) mass is 705 g/mol. The first kappa shape index (κ1) is 42.8. The van der Waals surface area contributed by atoms with Gasteiger partial charge in [0, 0.05) is 0 Å². The molecule has 0 bridgehead atoms. The van der Waals surface area contributed by atoms with Crippen LogP contribution in [0.25, 0.3) is 0 Å². The van der Waals surface area contributed by atoms with Gasteiger partial charge in [-0.25, -0.2) is 16.8 Å². The molecule has 7 nitrogen and oxygen atoms in total. The second-order valence-corrected chi connectivity index (χ2v) is 11.8. The van der Waals surface area contributed by atoms with Gasteiger partial charge in [-0.1, -0.05) is 0 Å². The van der Waals surface area contributed by atoms with E-state index in [0.29, 0.717) is 11.8 Å². The van der Waals surface area contributed by atoms with Crippen LogP contribution < -0.4 is 0 Å². The average molecular weight is 704 g/mol. The van der Waals surface area contributed by atoms with Gasteiger partial charge in [0.1, 0.15) is 0 Å². The molecular formula is C24H31F6MoNO6S2. The van der Waals surface area contributed by atoms with Crippen molar-refractivity contribution in [2.45, 2.75) is 71.3 Å². The van der Waals surface area contributed by atoms with Crippen molar-refractivity contribution in [3.8, 4) is 0 Å². The van der Waals surface area contributed by atoms with Crippen LogP contribution in [-0.4, -0.2) is 37.0 Å². The third-order valence-corrected chi connectivity index (χ3v) is 5.19. The van der Waals surface area contributed by atoms with Gasteiger partial charge in [0.2, 0.25) is 0 Å². The maximum atomic E-state index is 10.7. The van der Waals surface area contributed by atoms with Crippen LogP contribution in [0.5, 0.6) is 0 Å². The van der Waals surface area contributed by atoms with E-state index in [2.05, 4.69) is 76.2 Å². The Balaban J connectivity index is -0.000000457. The first-order chi connectivity index (χ1) is 17.8. The summed E-state index contributed by atoms with van der Waals surface area (Å²) in [5.41, 5.74) is -7.37. The zero-order chi connectivity index (χ0) is 32.5. The molecule has 2 rings (SSSR count). The molecule has 0 N–H and O–H groups in total. The number of hydrogen-bond acceptors (Lipinski definition) is 7. The van der Waals surface area contributed by atoms with Crippen molar-refractivity contribution in [2.24, 2.45) is 3.50 Å². The molecule has 0 radical (unpaired) electrons. The quantitative estimate of drug-likeness (QED) is 0.107. The van der Waals surface area contributed by atoms with Crippen LogP contribution >= 0.6 is 0 Å². The second-order valence-electron chi connectivity index (χ2n) is 8.56. The Kier molecular flexibility index (Phi) is 20.8. The van der Waals surface area contributed by atoms with Gasteiger partial charge in [-0.3, -0.25) is 0 Å². The molecule has 228 valence electrons. The van der Waals surface area contributed by atoms with Gasteiger partial charge < -0.3 is 15.0 Å². The third-order valence-electron chi connectivity index (χ3n) is 3.61. The van der Waals surface area contributed by atoms with E-state index in [1.54, 1.807) is 0 Å². The molecule has 0 saturated heterocycles. The summed E-state index contributed by atoms with van der Waals surface area (Å²) in [5.74, 6) is 2.52. The average Bonchev–Trinajstić information content (AvgIpc) is 2.77. The van der Waals surface area contributed by atoms with Crippen molar-refractivity contribution in [1.29, 1.82) is 0 Å². The van der Waals surface area contributed by atoms with Crippen LogP contribution in [-0.2, 0) is 39.9 Å². The summed E-state index contributed by atoms with van der Waals surface area (Å²) in [6, 6.07) is 19.0. The molecule has 0 spiro atoms. The predicted molar refractivity (Wildman–Crippen MR) is 134 cm³/mol. The zero-order valence-electron chi connectivity index (χ0n) is 22.7. The number of benzene rings is 2. The minimum Gasteiger partial charge on any atom is -0.741 e. The van der Waals surface area contributed by atoms with Gasteiger partial charge in [-0.15, -0.1) is 0 Å². The number of halogens is 6. The van der Waals surface area contributed by atoms with Crippen molar-refractivity contribution in [2.75, 3.05) is 0 Å². The van der Waals surface area contributed by atoms with Gasteiger partial charge in [0.15, 0.2) is 20.2 Å². The van der Waals surface area contributed by atoms with Crippen LogP contribution in [0, 0.1) is 12.0 Å². The van der Waals surface area contributed by atoms with Gasteiger partial charge >= 0.3 is 109 Å². The Labute approximate surface area is 243 Å². The molecule has 2 aromatic carbocycles. The molecule has 0 fully saturated rings. The van der Waals surface area contributed by atoms with E-state index in [0.717, 1.165) is 0 Å². The molecule has 0 aromatic heterocycles. The smallest absolute Gasteiger partial charge is 0.485 e. The topological polar surface area (TPSA) is 127 Å².